The van der Waals surface area contributed by atoms with Crippen molar-refractivity contribution >= 4 is 5.91 Å². The van der Waals surface area contributed by atoms with E-state index >= 15 is 0 Å². The summed E-state index contributed by atoms with van der Waals surface area (Å²) in [5.74, 6) is 0.251. The van der Waals surface area contributed by atoms with Gasteiger partial charge in [0, 0.05) is 26.1 Å². The van der Waals surface area contributed by atoms with Gasteiger partial charge in [-0.1, -0.05) is 12.1 Å². The first-order valence-electron chi connectivity index (χ1n) is 14.1. The molecule has 232 valence electrons. The van der Waals surface area contributed by atoms with E-state index < -0.39 is 0 Å². The molecule has 40 heavy (non-hydrogen) atoms. The highest BCUT2D eigenvalue weighted by Crippen LogP contribution is 2.09. The summed E-state index contributed by atoms with van der Waals surface area (Å²) < 4.78 is 43.3. The van der Waals surface area contributed by atoms with E-state index in [0.29, 0.717) is 132 Å². The molecular weight excluding hydrogens is 524 g/mol. The number of nitrogens with one attached hydrogen (secondary N) is 1. The first kappa shape index (κ1) is 36.2. The normalized spacial score (nSPS) is 11.2. The summed E-state index contributed by atoms with van der Waals surface area (Å²) in [6, 6.07) is 6.98. The second-order valence-electron chi connectivity index (χ2n) is 8.56. The lowest BCUT2D eigenvalue weighted by molar-refractivity contribution is -0.121. The Balaban J connectivity index is 1.68. The zero-order chi connectivity index (χ0) is 28.8. The van der Waals surface area contributed by atoms with Crippen molar-refractivity contribution in [2.45, 2.75) is 19.3 Å². The molecule has 0 bridgehead atoms. The highest BCUT2D eigenvalue weighted by atomic mass is 16.6. The number of aromatic hydroxyl groups is 1. The van der Waals surface area contributed by atoms with E-state index in [1.807, 2.05) is 12.1 Å². The van der Waals surface area contributed by atoms with Gasteiger partial charge in [-0.3, -0.25) is 4.79 Å². The third-order valence-electron chi connectivity index (χ3n) is 5.23. The Morgan fingerprint density at radius 2 is 0.975 bits per heavy atom. The van der Waals surface area contributed by atoms with Gasteiger partial charge in [-0.2, -0.15) is 0 Å². The van der Waals surface area contributed by atoms with E-state index in [2.05, 4.69) is 5.32 Å². The molecule has 1 aromatic carbocycles. The third kappa shape index (κ3) is 25.1. The predicted molar refractivity (Wildman–Crippen MR) is 150 cm³/mol. The summed E-state index contributed by atoms with van der Waals surface area (Å²) in [5.41, 5.74) is 6.39. The molecule has 0 saturated carbocycles. The molecule has 4 N–H and O–H groups in total. The van der Waals surface area contributed by atoms with Crippen LogP contribution in [0.1, 0.15) is 18.4 Å². The Labute approximate surface area is 238 Å². The molecule has 0 saturated heterocycles. The minimum Gasteiger partial charge on any atom is -0.508 e. The first-order chi connectivity index (χ1) is 19.7. The van der Waals surface area contributed by atoms with Crippen molar-refractivity contribution in [2.24, 2.45) is 5.73 Å². The van der Waals surface area contributed by atoms with Crippen LogP contribution in [0, 0.1) is 0 Å². The minimum atomic E-state index is 0.0105. The number of hydrogen-bond donors (Lipinski definition) is 3. The van der Waals surface area contributed by atoms with Gasteiger partial charge in [0.2, 0.25) is 5.91 Å². The van der Waals surface area contributed by atoms with Crippen molar-refractivity contribution < 1.29 is 47.8 Å². The van der Waals surface area contributed by atoms with Crippen molar-refractivity contribution in [3.8, 4) is 5.75 Å². The number of benzene rings is 1. The number of amides is 1. The quantitative estimate of drug-likeness (QED) is 0.113. The second kappa shape index (κ2) is 28.7. The van der Waals surface area contributed by atoms with Crippen LogP contribution < -0.4 is 11.1 Å². The number of phenols is 1. The van der Waals surface area contributed by atoms with E-state index in [0.717, 1.165) is 12.0 Å². The molecule has 0 heterocycles. The Kier molecular flexibility index (Phi) is 25.9. The zero-order valence-electron chi connectivity index (χ0n) is 23.9. The van der Waals surface area contributed by atoms with Crippen LogP contribution in [0.5, 0.6) is 5.75 Å². The van der Waals surface area contributed by atoms with Crippen LogP contribution in [-0.2, 0) is 49.1 Å². The van der Waals surface area contributed by atoms with Gasteiger partial charge >= 0.3 is 0 Å². The fourth-order valence-electron chi connectivity index (χ4n) is 3.16. The van der Waals surface area contributed by atoms with E-state index in [9.17, 15) is 9.90 Å². The van der Waals surface area contributed by atoms with E-state index in [1.165, 1.54) is 0 Å². The summed E-state index contributed by atoms with van der Waals surface area (Å²) >= 11 is 0. The van der Waals surface area contributed by atoms with Crippen LogP contribution in [0.2, 0.25) is 0 Å². The van der Waals surface area contributed by atoms with E-state index in [-0.39, 0.29) is 11.7 Å². The summed E-state index contributed by atoms with van der Waals surface area (Å²) in [4.78, 5) is 11.9. The molecule has 0 fully saturated rings. The molecule has 0 radical (unpaired) electrons. The van der Waals surface area contributed by atoms with Gasteiger partial charge in [0.15, 0.2) is 0 Å². The van der Waals surface area contributed by atoms with Crippen LogP contribution in [0.25, 0.3) is 0 Å². The molecule has 1 amide bonds. The lowest BCUT2D eigenvalue weighted by Crippen LogP contribution is -2.25. The summed E-state index contributed by atoms with van der Waals surface area (Å²) in [5, 5.41) is 12.2. The van der Waals surface area contributed by atoms with E-state index in [1.54, 1.807) is 12.1 Å². The topological polar surface area (TPSA) is 149 Å². The molecule has 0 atom stereocenters. The molecule has 0 aliphatic rings. The predicted octanol–water partition coefficient (Wildman–Crippen LogP) is 0.923. The van der Waals surface area contributed by atoms with Crippen molar-refractivity contribution in [1.82, 2.24) is 5.32 Å². The third-order valence-corrected chi connectivity index (χ3v) is 5.23. The van der Waals surface area contributed by atoms with Crippen molar-refractivity contribution in [3.63, 3.8) is 0 Å². The largest absolute Gasteiger partial charge is 0.508 e. The highest BCUT2D eigenvalue weighted by molar-refractivity contribution is 5.75. The lowest BCUT2D eigenvalue weighted by atomic mass is 10.1. The van der Waals surface area contributed by atoms with Gasteiger partial charge in [-0.05, 0) is 30.5 Å². The Bertz CT molecular complexity index is 682. The maximum absolute atomic E-state index is 11.9. The van der Waals surface area contributed by atoms with Crippen molar-refractivity contribution in [2.75, 3.05) is 119 Å². The van der Waals surface area contributed by atoms with Gasteiger partial charge < -0.3 is 54.1 Å². The number of rotatable bonds is 30. The number of nitrogens with two attached hydrogens (primary N) is 1. The number of carbonyl (C=O) groups is 1. The SMILES string of the molecule is NCCOCCOCCOCCOCCOCCOCCOCCOCCCC(=O)NCCc1ccc(O)cc1. The summed E-state index contributed by atoms with van der Waals surface area (Å²) in [7, 11) is 0. The molecule has 0 aliphatic carbocycles. The molecule has 0 unspecified atom stereocenters. The smallest absolute Gasteiger partial charge is 0.220 e. The van der Waals surface area contributed by atoms with Crippen LogP contribution in [-0.4, -0.2) is 130 Å². The minimum absolute atomic E-state index is 0.0105. The average Bonchev–Trinajstić information content (AvgIpc) is 2.96. The van der Waals surface area contributed by atoms with Crippen LogP contribution in [0.4, 0.5) is 0 Å². The molecule has 0 aliphatic heterocycles. The first-order valence-corrected chi connectivity index (χ1v) is 14.1. The fourth-order valence-corrected chi connectivity index (χ4v) is 3.16. The van der Waals surface area contributed by atoms with Gasteiger partial charge in [0.1, 0.15) is 5.75 Å². The number of ether oxygens (including phenoxy) is 8. The molecular formula is C28H50N2O10. The van der Waals surface area contributed by atoms with Crippen molar-refractivity contribution in [3.05, 3.63) is 29.8 Å². The molecule has 12 nitrogen and oxygen atoms in total. The summed E-state index contributed by atoms with van der Waals surface area (Å²) in [6.07, 6.45) is 1.82. The summed E-state index contributed by atoms with van der Waals surface area (Å²) in [6.45, 7) is 9.29. The molecule has 0 aromatic heterocycles. The van der Waals surface area contributed by atoms with Crippen LogP contribution >= 0.6 is 0 Å². The van der Waals surface area contributed by atoms with Gasteiger partial charge in [-0.25, -0.2) is 0 Å². The average molecular weight is 575 g/mol. The van der Waals surface area contributed by atoms with E-state index in [4.69, 9.17) is 43.6 Å². The molecule has 1 aromatic rings. The van der Waals surface area contributed by atoms with Gasteiger partial charge in [-0.15, -0.1) is 0 Å². The van der Waals surface area contributed by atoms with Crippen molar-refractivity contribution in [1.29, 1.82) is 0 Å². The molecule has 1 rings (SSSR count). The number of hydrogen-bond acceptors (Lipinski definition) is 11. The highest BCUT2D eigenvalue weighted by Gasteiger charge is 2.02. The Morgan fingerprint density at radius 3 is 1.38 bits per heavy atom. The molecule has 0 spiro atoms. The maximum atomic E-state index is 11.9. The Hall–Kier alpha value is -1.87. The monoisotopic (exact) mass is 574 g/mol. The fraction of sp³-hybridized carbons (Fsp3) is 0.750. The standard InChI is InChI=1S/C28H50N2O10/c29-8-11-34-13-15-36-17-19-38-21-23-40-25-24-39-22-20-37-18-16-35-14-12-33-10-1-2-28(32)30-9-7-26-3-5-27(31)6-4-26/h3-6,31H,1-2,7-25,29H2,(H,30,32). The molecule has 12 heteroatoms. The van der Waals surface area contributed by atoms with Gasteiger partial charge in [0.25, 0.3) is 0 Å². The number of phenolic OH excluding ortho intramolecular Hbond substituents is 1. The number of carbonyl (C=O) groups excluding carboxylic acids is 1. The van der Waals surface area contributed by atoms with Crippen LogP contribution in [0.15, 0.2) is 24.3 Å². The lowest BCUT2D eigenvalue weighted by Gasteiger charge is -2.09. The second-order valence-corrected chi connectivity index (χ2v) is 8.56. The van der Waals surface area contributed by atoms with Gasteiger partial charge in [0.05, 0.1) is 99.1 Å². The Morgan fingerprint density at radius 1 is 0.600 bits per heavy atom. The van der Waals surface area contributed by atoms with Crippen LogP contribution in [0.3, 0.4) is 0 Å². The zero-order valence-corrected chi connectivity index (χ0v) is 23.9. The maximum Gasteiger partial charge on any atom is 0.220 e.